The fraction of sp³-hybridized carbons (Fsp3) is 0.500. The number of amides is 1. The first kappa shape index (κ1) is 14.7. The zero-order valence-electron chi connectivity index (χ0n) is 10.6. The third-order valence-corrected chi connectivity index (χ3v) is 4.13. The second-order valence-corrected chi connectivity index (χ2v) is 5.65. The second kappa shape index (κ2) is 6.62. The molecule has 19 heavy (non-hydrogen) atoms. The number of piperidine rings is 1. The van der Waals surface area contributed by atoms with Gasteiger partial charge in [0.25, 0.3) is 0 Å². The van der Waals surface area contributed by atoms with Crippen LogP contribution < -0.4 is 0 Å². The summed E-state index contributed by atoms with van der Waals surface area (Å²) in [7, 11) is 0. The van der Waals surface area contributed by atoms with Gasteiger partial charge in [-0.1, -0.05) is 17.7 Å². The van der Waals surface area contributed by atoms with E-state index in [1.54, 1.807) is 6.07 Å². The van der Waals surface area contributed by atoms with Gasteiger partial charge >= 0.3 is 0 Å². The normalized spacial score (nSPS) is 16.7. The zero-order valence-corrected chi connectivity index (χ0v) is 12.3. The largest absolute Gasteiger partial charge is 0.343 e. The summed E-state index contributed by atoms with van der Waals surface area (Å²) in [6.07, 6.45) is 2.25. The Labute approximate surface area is 123 Å². The number of carbonyl (C=O) groups excluding carboxylic acids is 1. The van der Waals surface area contributed by atoms with Gasteiger partial charge in [-0.05, 0) is 42.2 Å². The maximum absolute atomic E-state index is 13.0. The van der Waals surface area contributed by atoms with E-state index in [1.165, 1.54) is 12.1 Å². The average molecular weight is 302 g/mol. The van der Waals surface area contributed by atoms with E-state index in [0.717, 1.165) is 31.5 Å². The third-order valence-electron chi connectivity index (χ3n) is 3.58. The van der Waals surface area contributed by atoms with Crippen molar-refractivity contribution in [1.29, 1.82) is 0 Å². The van der Waals surface area contributed by atoms with Gasteiger partial charge < -0.3 is 4.90 Å². The van der Waals surface area contributed by atoms with Crippen molar-refractivity contribution in [1.82, 2.24) is 4.90 Å². The predicted molar refractivity (Wildman–Crippen MR) is 78.4 cm³/mol. The number of thiol groups is 1. The number of likely N-dealkylation sites (tertiary alicyclic amines) is 1. The molecular weight excluding hydrogens is 285 g/mol. The lowest BCUT2D eigenvalue weighted by atomic mass is 9.89. The molecular formula is C14H17ClFNOS. The molecule has 1 aromatic rings. The maximum Gasteiger partial charge on any atom is 0.223 e. The van der Waals surface area contributed by atoms with Gasteiger partial charge in [0.1, 0.15) is 5.82 Å². The highest BCUT2D eigenvalue weighted by atomic mass is 35.5. The van der Waals surface area contributed by atoms with Crippen molar-refractivity contribution in [2.45, 2.75) is 25.2 Å². The summed E-state index contributed by atoms with van der Waals surface area (Å²) >= 11 is 10.2. The van der Waals surface area contributed by atoms with Crippen LogP contribution in [0.3, 0.4) is 0 Å². The minimum absolute atomic E-state index is 0.165. The van der Waals surface area contributed by atoms with Crippen LogP contribution in [0.5, 0.6) is 0 Å². The SMILES string of the molecule is O=C(CCS)N1CCC(c2ccc(F)cc2Cl)CC1. The molecule has 0 N–H and O–H groups in total. The Morgan fingerprint density at radius 1 is 1.42 bits per heavy atom. The molecule has 0 spiro atoms. The van der Waals surface area contributed by atoms with E-state index in [9.17, 15) is 9.18 Å². The fourth-order valence-electron chi connectivity index (χ4n) is 2.53. The Morgan fingerprint density at radius 3 is 2.68 bits per heavy atom. The molecule has 1 aliphatic heterocycles. The smallest absolute Gasteiger partial charge is 0.223 e. The Bertz CT molecular complexity index is 461. The molecule has 1 saturated heterocycles. The van der Waals surface area contributed by atoms with Crippen molar-refractivity contribution >= 4 is 30.1 Å². The van der Waals surface area contributed by atoms with Crippen LogP contribution in [0.4, 0.5) is 4.39 Å². The van der Waals surface area contributed by atoms with E-state index in [-0.39, 0.29) is 11.7 Å². The monoisotopic (exact) mass is 301 g/mol. The Morgan fingerprint density at radius 2 is 2.11 bits per heavy atom. The van der Waals surface area contributed by atoms with E-state index in [4.69, 9.17) is 11.6 Å². The van der Waals surface area contributed by atoms with E-state index in [0.29, 0.717) is 23.1 Å². The molecule has 1 fully saturated rings. The van der Waals surface area contributed by atoms with Gasteiger partial charge in [0.15, 0.2) is 0 Å². The molecule has 2 rings (SSSR count). The first-order chi connectivity index (χ1) is 9.11. The minimum atomic E-state index is -0.310. The summed E-state index contributed by atoms with van der Waals surface area (Å²) in [5.74, 6) is 0.754. The highest BCUT2D eigenvalue weighted by Gasteiger charge is 2.24. The van der Waals surface area contributed by atoms with Crippen LogP contribution in [0.1, 0.15) is 30.7 Å². The molecule has 2 nitrogen and oxygen atoms in total. The summed E-state index contributed by atoms with van der Waals surface area (Å²) in [4.78, 5) is 13.6. The zero-order chi connectivity index (χ0) is 13.8. The van der Waals surface area contributed by atoms with Crippen LogP contribution in [0.2, 0.25) is 5.02 Å². The first-order valence-corrected chi connectivity index (χ1v) is 7.46. The van der Waals surface area contributed by atoms with Gasteiger partial charge in [-0.2, -0.15) is 12.6 Å². The fourth-order valence-corrected chi connectivity index (χ4v) is 3.04. The third kappa shape index (κ3) is 3.63. The van der Waals surface area contributed by atoms with E-state index >= 15 is 0 Å². The minimum Gasteiger partial charge on any atom is -0.343 e. The Balaban J connectivity index is 1.98. The molecule has 0 aromatic heterocycles. The van der Waals surface area contributed by atoms with Crippen LogP contribution in [0.15, 0.2) is 18.2 Å². The predicted octanol–water partition coefficient (Wildman–Crippen LogP) is 3.51. The summed E-state index contributed by atoms with van der Waals surface area (Å²) in [6, 6.07) is 4.56. The van der Waals surface area contributed by atoms with Crippen LogP contribution in [0, 0.1) is 5.82 Å². The van der Waals surface area contributed by atoms with Crippen LogP contribution >= 0.6 is 24.2 Å². The first-order valence-electron chi connectivity index (χ1n) is 6.45. The lowest BCUT2D eigenvalue weighted by Crippen LogP contribution is -2.38. The van der Waals surface area contributed by atoms with E-state index in [2.05, 4.69) is 12.6 Å². The molecule has 1 heterocycles. The van der Waals surface area contributed by atoms with Crippen molar-refractivity contribution in [3.05, 3.63) is 34.6 Å². The van der Waals surface area contributed by atoms with Gasteiger partial charge in [0, 0.05) is 24.5 Å². The molecule has 0 radical (unpaired) electrons. The topological polar surface area (TPSA) is 20.3 Å². The molecule has 104 valence electrons. The maximum atomic E-state index is 13.0. The number of benzene rings is 1. The van der Waals surface area contributed by atoms with Crippen molar-refractivity contribution in [2.75, 3.05) is 18.8 Å². The van der Waals surface area contributed by atoms with Crippen molar-refractivity contribution in [3.63, 3.8) is 0 Å². The lowest BCUT2D eigenvalue weighted by Gasteiger charge is -2.32. The highest BCUT2D eigenvalue weighted by Crippen LogP contribution is 2.33. The van der Waals surface area contributed by atoms with E-state index < -0.39 is 0 Å². The van der Waals surface area contributed by atoms with E-state index in [1.807, 2.05) is 4.90 Å². The molecule has 0 atom stereocenters. The molecule has 0 aliphatic carbocycles. The van der Waals surface area contributed by atoms with Gasteiger partial charge in [0.2, 0.25) is 5.91 Å². The Hall–Kier alpha value is -0.740. The van der Waals surface area contributed by atoms with Crippen LogP contribution in [-0.4, -0.2) is 29.6 Å². The van der Waals surface area contributed by atoms with Crippen LogP contribution in [-0.2, 0) is 4.79 Å². The summed E-state index contributed by atoms with van der Waals surface area (Å²) in [5.41, 5.74) is 0.990. The quantitative estimate of drug-likeness (QED) is 0.847. The number of hydrogen-bond acceptors (Lipinski definition) is 2. The van der Waals surface area contributed by atoms with Gasteiger partial charge in [-0.3, -0.25) is 4.79 Å². The summed E-state index contributed by atoms with van der Waals surface area (Å²) in [6.45, 7) is 1.48. The Kier molecular flexibility index (Phi) is 5.11. The van der Waals surface area contributed by atoms with Gasteiger partial charge in [-0.25, -0.2) is 4.39 Å². The van der Waals surface area contributed by atoms with Crippen molar-refractivity contribution in [3.8, 4) is 0 Å². The van der Waals surface area contributed by atoms with Gasteiger partial charge in [-0.15, -0.1) is 0 Å². The lowest BCUT2D eigenvalue weighted by molar-refractivity contribution is -0.131. The summed E-state index contributed by atoms with van der Waals surface area (Å²) in [5, 5.41) is 0.486. The molecule has 0 unspecified atom stereocenters. The van der Waals surface area contributed by atoms with Crippen molar-refractivity contribution < 1.29 is 9.18 Å². The highest BCUT2D eigenvalue weighted by molar-refractivity contribution is 7.80. The number of carbonyl (C=O) groups is 1. The molecule has 0 saturated carbocycles. The molecule has 1 aliphatic rings. The molecule has 0 bridgehead atoms. The standard InChI is InChI=1S/C14H17ClFNOS/c15-13-9-11(16)1-2-12(13)10-3-6-17(7-4-10)14(18)5-8-19/h1-2,9-10,19H,3-8H2. The molecule has 1 amide bonds. The average Bonchev–Trinajstić information content (AvgIpc) is 2.39. The number of nitrogens with zero attached hydrogens (tertiary/aromatic N) is 1. The number of rotatable bonds is 3. The number of hydrogen-bond donors (Lipinski definition) is 1. The van der Waals surface area contributed by atoms with Crippen molar-refractivity contribution in [2.24, 2.45) is 0 Å². The second-order valence-electron chi connectivity index (χ2n) is 4.79. The van der Waals surface area contributed by atoms with Gasteiger partial charge in [0.05, 0.1) is 0 Å². The van der Waals surface area contributed by atoms with Crippen LogP contribution in [0.25, 0.3) is 0 Å². The molecule has 1 aromatic carbocycles. The number of halogens is 2. The summed E-state index contributed by atoms with van der Waals surface area (Å²) < 4.78 is 13.0. The molecule has 5 heteroatoms.